The van der Waals surface area contributed by atoms with Gasteiger partial charge in [-0.1, -0.05) is 0 Å². The molecule has 0 aromatic carbocycles. The highest BCUT2D eigenvalue weighted by atomic mass is 16.3. The Morgan fingerprint density at radius 2 is 1.75 bits per heavy atom. The van der Waals surface area contributed by atoms with E-state index in [4.69, 9.17) is 0 Å². The van der Waals surface area contributed by atoms with Gasteiger partial charge in [-0.05, 0) is 38.2 Å². The number of aryl methyl sites for hydroxylation is 1. The maximum Gasteiger partial charge on any atom is 0.225 e. The average Bonchev–Trinajstić information content (AvgIpc) is 2.30. The summed E-state index contributed by atoms with van der Waals surface area (Å²) in [5, 5.41) is 9.47. The maximum absolute atomic E-state index is 9.47. The van der Waals surface area contributed by atoms with Crippen molar-refractivity contribution < 1.29 is 5.11 Å². The lowest BCUT2D eigenvalue weighted by Gasteiger charge is -2.33. The molecule has 0 amide bonds. The van der Waals surface area contributed by atoms with E-state index in [1.807, 2.05) is 26.4 Å². The lowest BCUT2D eigenvalue weighted by molar-refractivity contribution is 0.122. The van der Waals surface area contributed by atoms with Gasteiger partial charge in [0.2, 0.25) is 5.95 Å². The Morgan fingerprint density at radius 3 is 2.31 bits per heavy atom. The van der Waals surface area contributed by atoms with Crippen LogP contribution in [0.1, 0.15) is 31.2 Å². The quantitative estimate of drug-likeness (QED) is 0.822. The van der Waals surface area contributed by atoms with Crippen LogP contribution in [0.5, 0.6) is 0 Å². The molecule has 16 heavy (non-hydrogen) atoms. The van der Waals surface area contributed by atoms with Gasteiger partial charge in [0, 0.05) is 25.5 Å². The van der Waals surface area contributed by atoms with Gasteiger partial charge in [0.15, 0.2) is 0 Å². The van der Waals surface area contributed by atoms with Crippen molar-refractivity contribution in [3.05, 3.63) is 18.0 Å². The summed E-state index contributed by atoms with van der Waals surface area (Å²) < 4.78 is 0. The standard InChI is InChI=1S/C12H19N3O/c1-9-7-13-12(14-8-9)15(2)10-3-5-11(16)6-4-10/h7-8,10-11,16H,3-6H2,1-2H3. The van der Waals surface area contributed by atoms with Crippen LogP contribution in [-0.4, -0.2) is 34.3 Å². The second kappa shape index (κ2) is 4.78. The van der Waals surface area contributed by atoms with Gasteiger partial charge < -0.3 is 10.0 Å². The minimum absolute atomic E-state index is 0.108. The van der Waals surface area contributed by atoms with E-state index < -0.39 is 0 Å². The molecule has 0 unspecified atom stereocenters. The summed E-state index contributed by atoms with van der Waals surface area (Å²) in [6.45, 7) is 1.99. The van der Waals surface area contributed by atoms with Crippen molar-refractivity contribution in [1.29, 1.82) is 0 Å². The van der Waals surface area contributed by atoms with E-state index >= 15 is 0 Å². The summed E-state index contributed by atoms with van der Waals surface area (Å²) in [4.78, 5) is 10.8. The SMILES string of the molecule is Cc1cnc(N(C)C2CCC(O)CC2)nc1. The Labute approximate surface area is 96.3 Å². The molecule has 1 N–H and O–H groups in total. The number of hydrogen-bond donors (Lipinski definition) is 1. The second-order valence-electron chi connectivity index (χ2n) is 4.63. The van der Waals surface area contributed by atoms with E-state index in [1.165, 1.54) is 0 Å². The third-order valence-electron chi connectivity index (χ3n) is 3.30. The molecule has 1 heterocycles. The fourth-order valence-electron chi connectivity index (χ4n) is 2.18. The molecule has 1 aromatic heterocycles. The van der Waals surface area contributed by atoms with E-state index in [0.29, 0.717) is 6.04 Å². The highest BCUT2D eigenvalue weighted by molar-refractivity contribution is 5.30. The molecule has 1 saturated carbocycles. The van der Waals surface area contributed by atoms with Crippen molar-refractivity contribution in [3.63, 3.8) is 0 Å². The third kappa shape index (κ3) is 2.50. The van der Waals surface area contributed by atoms with E-state index in [-0.39, 0.29) is 6.10 Å². The molecule has 4 nitrogen and oxygen atoms in total. The molecule has 0 aliphatic heterocycles. The van der Waals surface area contributed by atoms with Gasteiger partial charge in [-0.2, -0.15) is 0 Å². The van der Waals surface area contributed by atoms with Crippen molar-refractivity contribution in [3.8, 4) is 0 Å². The molecular weight excluding hydrogens is 202 g/mol. The first-order valence-electron chi connectivity index (χ1n) is 5.86. The third-order valence-corrected chi connectivity index (χ3v) is 3.30. The summed E-state index contributed by atoms with van der Waals surface area (Å²) in [5.41, 5.74) is 1.08. The van der Waals surface area contributed by atoms with Crippen LogP contribution < -0.4 is 4.90 Å². The lowest BCUT2D eigenvalue weighted by Crippen LogP contribution is -2.37. The van der Waals surface area contributed by atoms with Crippen LogP contribution in [-0.2, 0) is 0 Å². The Kier molecular flexibility index (Phi) is 3.39. The summed E-state index contributed by atoms with van der Waals surface area (Å²) in [6.07, 6.45) is 7.40. The molecular formula is C12H19N3O. The van der Waals surface area contributed by atoms with Crippen molar-refractivity contribution in [2.24, 2.45) is 0 Å². The number of anilines is 1. The molecule has 0 atom stereocenters. The first-order chi connectivity index (χ1) is 7.66. The van der Waals surface area contributed by atoms with Crippen molar-refractivity contribution in [1.82, 2.24) is 9.97 Å². The average molecular weight is 221 g/mol. The highest BCUT2D eigenvalue weighted by Gasteiger charge is 2.23. The van der Waals surface area contributed by atoms with Crippen molar-refractivity contribution >= 4 is 5.95 Å². The molecule has 0 spiro atoms. The van der Waals surface area contributed by atoms with Gasteiger partial charge in [0.25, 0.3) is 0 Å². The zero-order valence-electron chi connectivity index (χ0n) is 9.93. The first-order valence-corrected chi connectivity index (χ1v) is 5.86. The number of rotatable bonds is 2. The largest absolute Gasteiger partial charge is 0.393 e. The Bertz CT molecular complexity index is 331. The zero-order chi connectivity index (χ0) is 11.5. The van der Waals surface area contributed by atoms with E-state index in [2.05, 4.69) is 14.9 Å². The van der Waals surface area contributed by atoms with Gasteiger partial charge in [0.1, 0.15) is 0 Å². The summed E-state index contributed by atoms with van der Waals surface area (Å²) in [5.74, 6) is 0.784. The predicted octanol–water partition coefficient (Wildman–Crippen LogP) is 1.52. The van der Waals surface area contributed by atoms with Gasteiger partial charge in [-0.3, -0.25) is 0 Å². The second-order valence-corrected chi connectivity index (χ2v) is 4.63. The van der Waals surface area contributed by atoms with Crippen LogP contribution in [0.15, 0.2) is 12.4 Å². The molecule has 1 aliphatic rings. The number of aliphatic hydroxyl groups excluding tert-OH is 1. The molecule has 0 bridgehead atoms. The molecule has 1 fully saturated rings. The molecule has 88 valence electrons. The highest BCUT2D eigenvalue weighted by Crippen LogP contribution is 2.24. The minimum atomic E-state index is -0.108. The lowest BCUT2D eigenvalue weighted by atomic mass is 9.92. The number of aromatic nitrogens is 2. The van der Waals surface area contributed by atoms with Crippen molar-refractivity contribution in [2.75, 3.05) is 11.9 Å². The fraction of sp³-hybridized carbons (Fsp3) is 0.667. The molecule has 1 aromatic rings. The van der Waals surface area contributed by atoms with Crippen LogP contribution in [0.3, 0.4) is 0 Å². The van der Waals surface area contributed by atoms with Gasteiger partial charge in [0.05, 0.1) is 6.10 Å². The summed E-state index contributed by atoms with van der Waals surface area (Å²) >= 11 is 0. The number of aliphatic hydroxyl groups is 1. The van der Waals surface area contributed by atoms with E-state index in [9.17, 15) is 5.11 Å². The molecule has 0 saturated heterocycles. The summed E-state index contributed by atoms with van der Waals surface area (Å²) in [6, 6.07) is 0.464. The van der Waals surface area contributed by atoms with Crippen LogP contribution in [0.2, 0.25) is 0 Å². The number of hydrogen-bond acceptors (Lipinski definition) is 4. The van der Waals surface area contributed by atoms with Gasteiger partial charge >= 0.3 is 0 Å². The number of nitrogens with zero attached hydrogens (tertiary/aromatic N) is 3. The molecule has 0 radical (unpaired) electrons. The molecule has 4 heteroatoms. The first kappa shape index (κ1) is 11.3. The van der Waals surface area contributed by atoms with Crippen LogP contribution in [0, 0.1) is 6.92 Å². The van der Waals surface area contributed by atoms with Gasteiger partial charge in [-0.15, -0.1) is 0 Å². The maximum atomic E-state index is 9.47. The zero-order valence-corrected chi connectivity index (χ0v) is 9.93. The topological polar surface area (TPSA) is 49.2 Å². The van der Waals surface area contributed by atoms with Gasteiger partial charge in [-0.25, -0.2) is 9.97 Å². The molecule has 1 aliphatic carbocycles. The van der Waals surface area contributed by atoms with Crippen LogP contribution >= 0.6 is 0 Å². The Balaban J connectivity index is 2.01. The van der Waals surface area contributed by atoms with Crippen LogP contribution in [0.4, 0.5) is 5.95 Å². The Hall–Kier alpha value is -1.16. The predicted molar refractivity (Wildman–Crippen MR) is 63.4 cm³/mol. The van der Waals surface area contributed by atoms with E-state index in [1.54, 1.807) is 0 Å². The summed E-state index contributed by atoms with van der Waals surface area (Å²) in [7, 11) is 2.03. The normalized spacial score (nSPS) is 25.4. The smallest absolute Gasteiger partial charge is 0.225 e. The fourth-order valence-corrected chi connectivity index (χ4v) is 2.18. The Morgan fingerprint density at radius 1 is 1.19 bits per heavy atom. The van der Waals surface area contributed by atoms with E-state index in [0.717, 1.165) is 37.2 Å². The molecule has 2 rings (SSSR count). The van der Waals surface area contributed by atoms with Crippen molar-refractivity contribution in [2.45, 2.75) is 44.8 Å². The van der Waals surface area contributed by atoms with Crippen LogP contribution in [0.25, 0.3) is 0 Å². The minimum Gasteiger partial charge on any atom is -0.393 e. The monoisotopic (exact) mass is 221 g/mol.